The van der Waals surface area contributed by atoms with Gasteiger partial charge in [-0.15, -0.1) is 0 Å². The minimum absolute atomic E-state index is 0.0232. The summed E-state index contributed by atoms with van der Waals surface area (Å²) in [6.07, 6.45) is 3.02. The Morgan fingerprint density at radius 3 is 2.68 bits per heavy atom. The second-order valence-electron chi connectivity index (χ2n) is 8.39. The molecule has 0 radical (unpaired) electrons. The average molecular weight is 424 g/mol. The van der Waals surface area contributed by atoms with E-state index >= 15 is 0 Å². The van der Waals surface area contributed by atoms with E-state index in [2.05, 4.69) is 53.7 Å². The number of phenols is 1. The smallest absolute Gasteiger partial charge is 0.248 e. The van der Waals surface area contributed by atoms with Crippen molar-refractivity contribution < 1.29 is 10.2 Å². The van der Waals surface area contributed by atoms with Crippen molar-refractivity contribution in [2.24, 2.45) is 5.92 Å². The van der Waals surface area contributed by atoms with Crippen molar-refractivity contribution in [2.45, 2.75) is 39.2 Å². The van der Waals surface area contributed by atoms with Crippen molar-refractivity contribution in [3.63, 3.8) is 0 Å². The molecule has 31 heavy (non-hydrogen) atoms. The number of hydrogen-bond donors (Lipinski definition) is 5. The van der Waals surface area contributed by atoms with Gasteiger partial charge in [0.2, 0.25) is 5.56 Å². The quantitative estimate of drug-likeness (QED) is 0.301. The lowest BCUT2D eigenvalue weighted by atomic mass is 10.0. The number of aliphatic hydroxyl groups excluding tert-OH is 1. The molecule has 0 spiro atoms. The number of nitrogens with one attached hydrogen (secondary N) is 3. The highest BCUT2D eigenvalue weighted by molar-refractivity contribution is 5.87. The molecule has 0 aliphatic carbocycles. The van der Waals surface area contributed by atoms with Crippen LogP contribution in [0.1, 0.15) is 43.9 Å². The largest absolute Gasteiger partial charge is 0.506 e. The summed E-state index contributed by atoms with van der Waals surface area (Å²) in [5.74, 6) is 0.710. The number of aromatic hydroxyl groups is 1. The number of aromatic amines is 1. The van der Waals surface area contributed by atoms with Crippen LogP contribution in [0.4, 0.5) is 5.69 Å². The second kappa shape index (κ2) is 11.0. The fourth-order valence-electron chi connectivity index (χ4n) is 3.75. The summed E-state index contributed by atoms with van der Waals surface area (Å²) in [7, 11) is 0. The Bertz CT molecular complexity index is 1050. The molecule has 6 heteroatoms. The first-order valence-electron chi connectivity index (χ1n) is 11.0. The number of fused-ring (bicyclic) bond motifs is 1. The Balaban J connectivity index is 1.57. The molecule has 6 nitrogen and oxygen atoms in total. The van der Waals surface area contributed by atoms with E-state index in [0.29, 0.717) is 11.4 Å². The predicted octanol–water partition coefficient (Wildman–Crippen LogP) is 3.95. The molecule has 1 aromatic heterocycles. The molecule has 3 aromatic rings. The third-order valence-corrected chi connectivity index (χ3v) is 5.48. The van der Waals surface area contributed by atoms with E-state index in [0.717, 1.165) is 49.0 Å². The SMILES string of the molecule is CC(C)CCNc1cccc(CCCNC(CO)c2ccc(O)c3[nH]c(=O)ccc23)c1. The second-order valence-corrected chi connectivity index (χ2v) is 8.39. The van der Waals surface area contributed by atoms with Crippen molar-refractivity contribution in [3.8, 4) is 5.75 Å². The minimum atomic E-state index is -0.280. The summed E-state index contributed by atoms with van der Waals surface area (Å²) < 4.78 is 0. The summed E-state index contributed by atoms with van der Waals surface area (Å²) in [5.41, 5.74) is 3.41. The van der Waals surface area contributed by atoms with Crippen LogP contribution in [0, 0.1) is 5.92 Å². The molecule has 0 fully saturated rings. The molecule has 1 heterocycles. The van der Waals surface area contributed by atoms with E-state index in [1.54, 1.807) is 18.2 Å². The average Bonchev–Trinajstić information content (AvgIpc) is 2.75. The first kappa shape index (κ1) is 22.8. The van der Waals surface area contributed by atoms with Gasteiger partial charge in [-0.3, -0.25) is 4.79 Å². The Morgan fingerprint density at radius 2 is 1.90 bits per heavy atom. The maximum Gasteiger partial charge on any atom is 0.248 e. The van der Waals surface area contributed by atoms with Crippen LogP contribution in [-0.4, -0.2) is 34.9 Å². The van der Waals surface area contributed by atoms with Gasteiger partial charge in [0.25, 0.3) is 0 Å². The minimum Gasteiger partial charge on any atom is -0.506 e. The van der Waals surface area contributed by atoms with Crippen molar-refractivity contribution in [3.05, 3.63) is 70.0 Å². The Labute approximate surface area is 183 Å². The summed E-state index contributed by atoms with van der Waals surface area (Å²) >= 11 is 0. The van der Waals surface area contributed by atoms with Crippen LogP contribution in [0.3, 0.4) is 0 Å². The molecule has 5 N–H and O–H groups in total. The number of H-pyrrole nitrogens is 1. The van der Waals surface area contributed by atoms with Gasteiger partial charge < -0.3 is 25.8 Å². The number of aryl methyl sites for hydroxylation is 1. The van der Waals surface area contributed by atoms with E-state index in [1.807, 2.05) is 0 Å². The molecule has 0 aliphatic heterocycles. The maximum atomic E-state index is 11.6. The fraction of sp³-hybridized carbons (Fsp3) is 0.400. The zero-order valence-electron chi connectivity index (χ0n) is 18.3. The van der Waals surface area contributed by atoms with Crippen LogP contribution < -0.4 is 16.2 Å². The third kappa shape index (κ3) is 6.32. The summed E-state index contributed by atoms with van der Waals surface area (Å²) in [6.45, 7) is 6.10. The number of aliphatic hydroxyl groups is 1. The number of phenolic OH excluding ortho intramolecular Hbond substituents is 1. The van der Waals surface area contributed by atoms with E-state index < -0.39 is 0 Å². The lowest BCUT2D eigenvalue weighted by molar-refractivity contribution is 0.245. The fourth-order valence-corrected chi connectivity index (χ4v) is 3.75. The number of hydrogen-bond acceptors (Lipinski definition) is 5. The number of anilines is 1. The lowest BCUT2D eigenvalue weighted by Crippen LogP contribution is -2.26. The van der Waals surface area contributed by atoms with Gasteiger partial charge >= 0.3 is 0 Å². The van der Waals surface area contributed by atoms with Gasteiger partial charge in [-0.25, -0.2) is 0 Å². The molecule has 0 aliphatic rings. The van der Waals surface area contributed by atoms with E-state index in [1.165, 1.54) is 11.6 Å². The number of pyridine rings is 1. The maximum absolute atomic E-state index is 11.6. The number of benzene rings is 2. The van der Waals surface area contributed by atoms with Crippen molar-refractivity contribution in [1.29, 1.82) is 0 Å². The number of aromatic nitrogens is 1. The summed E-state index contributed by atoms with van der Waals surface area (Å²) in [5, 5.41) is 27.6. The molecule has 0 amide bonds. The van der Waals surface area contributed by atoms with Gasteiger partial charge in [-0.1, -0.05) is 32.0 Å². The zero-order valence-corrected chi connectivity index (χ0v) is 18.3. The molecule has 166 valence electrons. The van der Waals surface area contributed by atoms with Crippen LogP contribution >= 0.6 is 0 Å². The van der Waals surface area contributed by atoms with E-state index in [4.69, 9.17) is 0 Å². The van der Waals surface area contributed by atoms with Gasteiger partial charge in [0.05, 0.1) is 18.2 Å². The molecule has 2 aromatic carbocycles. The topological polar surface area (TPSA) is 97.4 Å². The molecular weight excluding hydrogens is 390 g/mol. The molecule has 0 bridgehead atoms. The molecule has 0 saturated carbocycles. The van der Waals surface area contributed by atoms with Gasteiger partial charge in [-0.05, 0) is 67.1 Å². The lowest BCUT2D eigenvalue weighted by Gasteiger charge is -2.19. The molecule has 0 saturated heterocycles. The Morgan fingerprint density at radius 1 is 1.06 bits per heavy atom. The zero-order chi connectivity index (χ0) is 22.2. The summed E-state index contributed by atoms with van der Waals surface area (Å²) in [4.78, 5) is 14.3. The van der Waals surface area contributed by atoms with Crippen LogP contribution in [0.25, 0.3) is 10.9 Å². The normalized spacial score (nSPS) is 12.4. The van der Waals surface area contributed by atoms with E-state index in [-0.39, 0.29) is 24.0 Å². The van der Waals surface area contributed by atoms with Crippen LogP contribution in [0.15, 0.2) is 53.3 Å². The van der Waals surface area contributed by atoms with Crippen LogP contribution in [0.2, 0.25) is 0 Å². The number of rotatable bonds is 11. The van der Waals surface area contributed by atoms with Crippen LogP contribution in [-0.2, 0) is 6.42 Å². The van der Waals surface area contributed by atoms with Crippen molar-refractivity contribution in [1.82, 2.24) is 10.3 Å². The van der Waals surface area contributed by atoms with Gasteiger partial charge in [0, 0.05) is 23.7 Å². The predicted molar refractivity (Wildman–Crippen MR) is 127 cm³/mol. The van der Waals surface area contributed by atoms with Gasteiger partial charge in [0.15, 0.2) is 0 Å². The highest BCUT2D eigenvalue weighted by Gasteiger charge is 2.15. The highest BCUT2D eigenvalue weighted by atomic mass is 16.3. The van der Waals surface area contributed by atoms with Crippen molar-refractivity contribution >= 4 is 16.6 Å². The third-order valence-electron chi connectivity index (χ3n) is 5.48. The van der Waals surface area contributed by atoms with Crippen molar-refractivity contribution in [2.75, 3.05) is 25.0 Å². The molecular formula is C25H33N3O3. The summed E-state index contributed by atoms with van der Waals surface area (Å²) in [6, 6.07) is 14.7. The standard InChI is InChI=1S/C25H33N3O3/c1-17(2)12-14-26-19-7-3-5-18(15-19)6-4-13-27-22(16-29)20-8-10-23(30)25-21(20)9-11-24(31)28-25/h3,5,7-11,15,17,22,26-27,29-30H,4,6,12-14,16H2,1-2H3,(H,28,31). The molecule has 1 unspecified atom stereocenters. The first-order valence-corrected chi connectivity index (χ1v) is 11.0. The van der Waals surface area contributed by atoms with Gasteiger partial charge in [-0.2, -0.15) is 0 Å². The molecule has 1 atom stereocenters. The Hall–Kier alpha value is -2.83. The van der Waals surface area contributed by atoms with Crippen LogP contribution in [0.5, 0.6) is 5.75 Å². The first-order chi connectivity index (χ1) is 15.0. The van der Waals surface area contributed by atoms with Gasteiger partial charge in [0.1, 0.15) is 5.75 Å². The monoisotopic (exact) mass is 423 g/mol. The molecule has 3 rings (SSSR count). The Kier molecular flexibility index (Phi) is 8.09. The van der Waals surface area contributed by atoms with E-state index in [9.17, 15) is 15.0 Å². The highest BCUT2D eigenvalue weighted by Crippen LogP contribution is 2.28.